The molecule has 0 saturated carbocycles. The Kier molecular flexibility index (Phi) is 14.7. The van der Waals surface area contributed by atoms with Crippen LogP contribution in [0, 0.1) is 11.8 Å². The van der Waals surface area contributed by atoms with Crippen molar-refractivity contribution in [1.29, 1.82) is 0 Å². The van der Waals surface area contributed by atoms with Crippen molar-refractivity contribution >= 4 is 17.9 Å². The molecule has 0 aromatic carbocycles. The fraction of sp³-hybridized carbons (Fsp3) is 0.824. The number of carbonyl (C=O) groups is 3. The van der Waals surface area contributed by atoms with Gasteiger partial charge in [-0.3, -0.25) is 14.4 Å². The first-order chi connectivity index (χ1) is 11.9. The van der Waals surface area contributed by atoms with Crippen LogP contribution in [0.3, 0.4) is 0 Å². The van der Waals surface area contributed by atoms with Crippen molar-refractivity contribution < 1.29 is 29.7 Å². The standard InChI is InChI=1S/2C6H13NO2.C5H9NO2/c2*1-4(2)3-5(7)6(8)9;7-5(8)4-2-1-3-6-4/h2*4-5H,3,7H2,1-2H3,(H,8,9);4,6H,1-3H2,(H,7,8)/t;;4-/m..0/s1. The van der Waals surface area contributed by atoms with Crippen LogP contribution in [0.25, 0.3) is 0 Å². The van der Waals surface area contributed by atoms with Gasteiger partial charge in [-0.15, -0.1) is 0 Å². The fourth-order valence-corrected chi connectivity index (χ4v) is 2.11. The zero-order valence-electron chi connectivity index (χ0n) is 16.1. The number of hydrogen-bond acceptors (Lipinski definition) is 6. The van der Waals surface area contributed by atoms with E-state index < -0.39 is 30.0 Å². The van der Waals surface area contributed by atoms with Gasteiger partial charge in [0, 0.05) is 0 Å². The number of rotatable bonds is 7. The second-order valence-electron chi connectivity index (χ2n) is 7.14. The van der Waals surface area contributed by atoms with E-state index >= 15 is 0 Å². The first kappa shape index (κ1) is 26.5. The topological polar surface area (TPSA) is 176 Å². The third-order valence-electron chi connectivity index (χ3n) is 3.44. The molecular formula is C17H35N3O6. The predicted octanol–water partition coefficient (Wildman–Crippen LogP) is 0.712. The van der Waals surface area contributed by atoms with Gasteiger partial charge in [0.15, 0.2) is 0 Å². The lowest BCUT2D eigenvalue weighted by molar-refractivity contribution is -0.139. The predicted molar refractivity (Wildman–Crippen MR) is 98.8 cm³/mol. The molecule has 1 aliphatic heterocycles. The summed E-state index contributed by atoms with van der Waals surface area (Å²) in [5, 5.41) is 27.8. The van der Waals surface area contributed by atoms with Crippen LogP contribution in [0.2, 0.25) is 0 Å². The second-order valence-corrected chi connectivity index (χ2v) is 7.14. The first-order valence-electron chi connectivity index (χ1n) is 8.81. The lowest BCUT2D eigenvalue weighted by atomic mass is 10.1. The van der Waals surface area contributed by atoms with Crippen LogP contribution < -0.4 is 16.8 Å². The summed E-state index contributed by atoms with van der Waals surface area (Å²) in [5.74, 6) is -1.83. The minimum absolute atomic E-state index is 0.269. The Balaban J connectivity index is 0. The van der Waals surface area contributed by atoms with E-state index in [0.29, 0.717) is 24.7 Å². The van der Waals surface area contributed by atoms with Crippen molar-refractivity contribution in [2.24, 2.45) is 23.3 Å². The van der Waals surface area contributed by atoms with E-state index in [-0.39, 0.29) is 6.04 Å². The number of nitrogens with one attached hydrogen (secondary N) is 1. The van der Waals surface area contributed by atoms with Crippen LogP contribution >= 0.6 is 0 Å². The average Bonchev–Trinajstić information content (AvgIpc) is 3.01. The van der Waals surface area contributed by atoms with Gasteiger partial charge in [-0.1, -0.05) is 27.7 Å². The smallest absolute Gasteiger partial charge is 0.320 e. The Hall–Kier alpha value is -1.71. The monoisotopic (exact) mass is 377 g/mol. The molecule has 0 aromatic rings. The summed E-state index contributed by atoms with van der Waals surface area (Å²) < 4.78 is 0. The van der Waals surface area contributed by atoms with Gasteiger partial charge < -0.3 is 32.1 Å². The maximum Gasteiger partial charge on any atom is 0.320 e. The summed E-state index contributed by atoms with van der Waals surface area (Å²) in [6.45, 7) is 8.65. The number of carboxylic acids is 3. The van der Waals surface area contributed by atoms with E-state index in [9.17, 15) is 14.4 Å². The number of carboxylic acid groups (broad SMARTS) is 3. The maximum absolute atomic E-state index is 10.1. The van der Waals surface area contributed by atoms with Gasteiger partial charge in [0.05, 0.1) is 0 Å². The van der Waals surface area contributed by atoms with Crippen LogP contribution in [0.1, 0.15) is 53.4 Å². The van der Waals surface area contributed by atoms with Crippen molar-refractivity contribution in [2.75, 3.05) is 6.54 Å². The van der Waals surface area contributed by atoms with Gasteiger partial charge >= 0.3 is 17.9 Å². The van der Waals surface area contributed by atoms with Crippen molar-refractivity contribution in [3.8, 4) is 0 Å². The molecule has 2 unspecified atom stereocenters. The van der Waals surface area contributed by atoms with Gasteiger partial charge in [-0.25, -0.2) is 0 Å². The summed E-state index contributed by atoms with van der Waals surface area (Å²) in [4.78, 5) is 30.4. The molecule has 9 nitrogen and oxygen atoms in total. The molecule has 1 rings (SSSR count). The third-order valence-corrected chi connectivity index (χ3v) is 3.44. The third kappa shape index (κ3) is 15.8. The summed E-state index contributed by atoms with van der Waals surface area (Å²) in [7, 11) is 0. The van der Waals surface area contributed by atoms with Gasteiger partial charge in [-0.05, 0) is 44.1 Å². The minimum atomic E-state index is -0.913. The number of hydrogen-bond donors (Lipinski definition) is 6. The molecule has 0 radical (unpaired) electrons. The molecular weight excluding hydrogens is 342 g/mol. The van der Waals surface area contributed by atoms with Crippen molar-refractivity contribution in [3.63, 3.8) is 0 Å². The highest BCUT2D eigenvalue weighted by atomic mass is 16.4. The maximum atomic E-state index is 10.1. The molecule has 8 N–H and O–H groups in total. The molecule has 1 heterocycles. The second kappa shape index (κ2) is 14.5. The van der Waals surface area contributed by atoms with E-state index in [4.69, 9.17) is 26.8 Å². The van der Waals surface area contributed by atoms with Crippen LogP contribution in [0.15, 0.2) is 0 Å². The molecule has 0 aromatic heterocycles. The SMILES string of the molecule is CC(C)CC(N)C(=O)O.CC(C)CC(N)C(=O)O.O=C(O)[C@@H]1CCCN1. The molecule has 154 valence electrons. The fourth-order valence-electron chi connectivity index (χ4n) is 2.11. The highest BCUT2D eigenvalue weighted by Gasteiger charge is 2.20. The van der Waals surface area contributed by atoms with Crippen LogP contribution in [0.5, 0.6) is 0 Å². The van der Waals surface area contributed by atoms with E-state index in [0.717, 1.165) is 19.4 Å². The van der Waals surface area contributed by atoms with E-state index in [1.807, 2.05) is 27.7 Å². The van der Waals surface area contributed by atoms with Crippen LogP contribution in [-0.4, -0.2) is 57.9 Å². The Morgan fingerprint density at radius 1 is 0.923 bits per heavy atom. The highest BCUT2D eigenvalue weighted by Crippen LogP contribution is 2.03. The molecule has 9 heteroatoms. The largest absolute Gasteiger partial charge is 0.480 e. The van der Waals surface area contributed by atoms with Gasteiger partial charge in [0.2, 0.25) is 0 Å². The van der Waals surface area contributed by atoms with Gasteiger partial charge in [0.25, 0.3) is 0 Å². The number of nitrogens with two attached hydrogens (primary N) is 2. The summed E-state index contributed by atoms with van der Waals surface area (Å²) in [6.07, 6.45) is 2.89. The zero-order valence-corrected chi connectivity index (χ0v) is 16.1. The Labute approximate surface area is 155 Å². The van der Waals surface area contributed by atoms with Crippen molar-refractivity contribution in [3.05, 3.63) is 0 Å². The molecule has 3 atom stereocenters. The van der Waals surface area contributed by atoms with Crippen LogP contribution in [0.4, 0.5) is 0 Å². The molecule has 0 spiro atoms. The van der Waals surface area contributed by atoms with E-state index in [1.54, 1.807) is 0 Å². The molecule has 1 saturated heterocycles. The normalized spacial score (nSPS) is 18.2. The molecule has 0 aliphatic carbocycles. The van der Waals surface area contributed by atoms with Gasteiger partial charge in [0.1, 0.15) is 18.1 Å². The highest BCUT2D eigenvalue weighted by molar-refractivity contribution is 5.74. The summed E-state index contributed by atoms with van der Waals surface area (Å²) in [5.41, 5.74) is 10.4. The average molecular weight is 377 g/mol. The molecule has 0 amide bonds. The molecule has 0 bridgehead atoms. The Morgan fingerprint density at radius 3 is 1.42 bits per heavy atom. The Bertz CT molecular complexity index is 397. The van der Waals surface area contributed by atoms with Crippen molar-refractivity contribution in [2.45, 2.75) is 71.5 Å². The van der Waals surface area contributed by atoms with Gasteiger partial charge in [-0.2, -0.15) is 0 Å². The van der Waals surface area contributed by atoms with Crippen molar-refractivity contribution in [1.82, 2.24) is 5.32 Å². The Morgan fingerprint density at radius 2 is 1.31 bits per heavy atom. The summed E-state index contributed by atoms with van der Waals surface area (Å²) >= 11 is 0. The van der Waals surface area contributed by atoms with E-state index in [1.165, 1.54) is 0 Å². The number of aliphatic carboxylic acids is 3. The molecule has 1 aliphatic rings. The molecule has 1 fully saturated rings. The first-order valence-corrected chi connectivity index (χ1v) is 8.81. The van der Waals surface area contributed by atoms with E-state index in [2.05, 4.69) is 5.32 Å². The lowest BCUT2D eigenvalue weighted by Crippen LogP contribution is -2.31. The zero-order chi connectivity index (χ0) is 20.9. The van der Waals surface area contributed by atoms with Crippen LogP contribution in [-0.2, 0) is 14.4 Å². The summed E-state index contributed by atoms with van der Waals surface area (Å²) in [6, 6.07) is -1.65. The lowest BCUT2D eigenvalue weighted by Gasteiger charge is -2.07. The minimum Gasteiger partial charge on any atom is -0.480 e. The quantitative estimate of drug-likeness (QED) is 0.373. The molecule has 26 heavy (non-hydrogen) atoms.